The Labute approximate surface area is 116 Å². The maximum atomic E-state index is 11.9. The fourth-order valence-corrected chi connectivity index (χ4v) is 1.66. The monoisotopic (exact) mass is 302 g/mol. The molecule has 2 rings (SSSR count). The Balaban J connectivity index is 2.28. The van der Waals surface area contributed by atoms with Gasteiger partial charge in [-0.1, -0.05) is 5.21 Å². The molecule has 2 aromatic rings. The fraction of sp³-hybridized carbons (Fsp3) is 0.273. The van der Waals surface area contributed by atoms with Crippen LogP contribution < -0.4 is 0 Å². The van der Waals surface area contributed by atoms with E-state index in [0.717, 1.165) is 4.68 Å². The first-order valence-corrected chi connectivity index (χ1v) is 5.66. The molecule has 0 aliphatic carbocycles. The highest BCUT2D eigenvalue weighted by Gasteiger charge is 2.29. The van der Waals surface area contributed by atoms with Gasteiger partial charge in [0.2, 0.25) is 0 Å². The normalized spacial score (nSPS) is 11.6. The van der Waals surface area contributed by atoms with E-state index in [-0.39, 0.29) is 17.9 Å². The number of aromatic nitrogens is 4. The average Bonchev–Trinajstić information content (AvgIpc) is 2.82. The van der Waals surface area contributed by atoms with Gasteiger partial charge in [-0.3, -0.25) is 9.72 Å². The summed E-state index contributed by atoms with van der Waals surface area (Å²) in [4.78, 5) is 14.9. The molecule has 0 atom stereocenters. The molecule has 1 N–H and O–H groups in total. The summed E-state index contributed by atoms with van der Waals surface area (Å²) in [5.41, 5.74) is 0.170. The SMILES string of the molecule is O=C(O)c1nnn(CCOC(F)(F)F)c1-c1ccncc1. The Morgan fingerprint density at radius 2 is 2.00 bits per heavy atom. The highest BCUT2D eigenvalue weighted by molar-refractivity contribution is 5.92. The molecular weight excluding hydrogens is 293 g/mol. The molecule has 0 fully saturated rings. The molecule has 0 aromatic carbocycles. The zero-order chi connectivity index (χ0) is 15.5. The van der Waals surface area contributed by atoms with E-state index in [1.165, 1.54) is 24.5 Å². The smallest absolute Gasteiger partial charge is 0.476 e. The first-order valence-electron chi connectivity index (χ1n) is 5.66. The van der Waals surface area contributed by atoms with Crippen LogP contribution in [0.15, 0.2) is 24.5 Å². The third-order valence-corrected chi connectivity index (χ3v) is 2.46. The van der Waals surface area contributed by atoms with Crippen LogP contribution in [0.1, 0.15) is 10.5 Å². The van der Waals surface area contributed by atoms with E-state index in [9.17, 15) is 18.0 Å². The molecule has 10 heteroatoms. The number of nitrogens with zero attached hydrogens (tertiary/aromatic N) is 4. The number of carboxylic acids is 1. The van der Waals surface area contributed by atoms with E-state index in [0.29, 0.717) is 5.56 Å². The zero-order valence-electron chi connectivity index (χ0n) is 10.4. The minimum Gasteiger partial charge on any atom is -0.476 e. The van der Waals surface area contributed by atoms with Gasteiger partial charge in [0, 0.05) is 18.0 Å². The molecule has 0 saturated carbocycles. The number of pyridine rings is 1. The van der Waals surface area contributed by atoms with Crippen molar-refractivity contribution in [3.8, 4) is 11.3 Å². The van der Waals surface area contributed by atoms with Gasteiger partial charge in [-0.2, -0.15) is 0 Å². The largest absolute Gasteiger partial charge is 0.522 e. The molecule has 0 spiro atoms. The predicted octanol–water partition coefficient (Wildman–Crippen LogP) is 1.57. The third kappa shape index (κ3) is 3.75. The van der Waals surface area contributed by atoms with Crippen LogP contribution in [-0.2, 0) is 11.3 Å². The minimum absolute atomic E-state index is 0.0932. The van der Waals surface area contributed by atoms with Gasteiger partial charge in [-0.05, 0) is 12.1 Å². The lowest BCUT2D eigenvalue weighted by Gasteiger charge is -2.09. The average molecular weight is 302 g/mol. The molecule has 0 radical (unpaired) electrons. The molecule has 0 aliphatic heterocycles. The van der Waals surface area contributed by atoms with E-state index >= 15 is 0 Å². The Kier molecular flexibility index (Phi) is 4.17. The summed E-state index contributed by atoms with van der Waals surface area (Å²) in [5.74, 6) is -1.33. The van der Waals surface area contributed by atoms with Crippen molar-refractivity contribution in [3.05, 3.63) is 30.2 Å². The summed E-state index contributed by atoms with van der Waals surface area (Å²) in [6, 6.07) is 3.01. The van der Waals surface area contributed by atoms with Crippen molar-refractivity contribution in [2.45, 2.75) is 12.9 Å². The number of carbonyl (C=O) groups is 1. The van der Waals surface area contributed by atoms with Gasteiger partial charge in [0.1, 0.15) is 5.69 Å². The Hall–Kier alpha value is -2.49. The highest BCUT2D eigenvalue weighted by Crippen LogP contribution is 2.22. The lowest BCUT2D eigenvalue weighted by molar-refractivity contribution is -0.325. The van der Waals surface area contributed by atoms with Gasteiger partial charge in [-0.15, -0.1) is 18.3 Å². The van der Waals surface area contributed by atoms with Gasteiger partial charge >= 0.3 is 12.3 Å². The van der Waals surface area contributed by atoms with Crippen LogP contribution in [-0.4, -0.2) is 44.0 Å². The second-order valence-electron chi connectivity index (χ2n) is 3.85. The summed E-state index contributed by atoms with van der Waals surface area (Å²) >= 11 is 0. The highest BCUT2D eigenvalue weighted by atomic mass is 19.4. The molecule has 2 aromatic heterocycles. The van der Waals surface area contributed by atoms with Crippen molar-refractivity contribution in [1.29, 1.82) is 0 Å². The molecule has 21 heavy (non-hydrogen) atoms. The number of alkyl halides is 3. The summed E-state index contributed by atoms with van der Waals surface area (Å²) in [7, 11) is 0. The van der Waals surface area contributed by atoms with Crippen molar-refractivity contribution >= 4 is 5.97 Å². The third-order valence-electron chi connectivity index (χ3n) is 2.46. The van der Waals surface area contributed by atoms with Gasteiger partial charge in [-0.25, -0.2) is 9.48 Å². The number of aromatic carboxylic acids is 1. The number of carboxylic acid groups (broad SMARTS) is 1. The van der Waals surface area contributed by atoms with Crippen molar-refractivity contribution < 1.29 is 27.8 Å². The van der Waals surface area contributed by atoms with Crippen LogP contribution in [0.3, 0.4) is 0 Å². The van der Waals surface area contributed by atoms with E-state index in [2.05, 4.69) is 20.0 Å². The number of halogens is 3. The fourth-order valence-electron chi connectivity index (χ4n) is 1.66. The summed E-state index contributed by atoms with van der Waals surface area (Å²) < 4.78 is 40.5. The summed E-state index contributed by atoms with van der Waals surface area (Å²) in [5, 5.41) is 16.1. The Morgan fingerprint density at radius 1 is 1.33 bits per heavy atom. The Bertz CT molecular complexity index is 627. The van der Waals surface area contributed by atoms with Crippen molar-refractivity contribution in [2.24, 2.45) is 0 Å². The maximum absolute atomic E-state index is 11.9. The maximum Gasteiger partial charge on any atom is 0.522 e. The molecule has 0 amide bonds. The lowest BCUT2D eigenvalue weighted by Crippen LogP contribution is -2.18. The van der Waals surface area contributed by atoms with Crippen LogP contribution in [0.4, 0.5) is 13.2 Å². The second kappa shape index (κ2) is 5.87. The molecule has 0 aliphatic rings. The topological polar surface area (TPSA) is 90.1 Å². The van der Waals surface area contributed by atoms with E-state index < -0.39 is 18.9 Å². The van der Waals surface area contributed by atoms with Crippen molar-refractivity contribution in [2.75, 3.05) is 6.61 Å². The number of hydrogen-bond acceptors (Lipinski definition) is 5. The molecule has 0 unspecified atom stereocenters. The van der Waals surface area contributed by atoms with Gasteiger partial charge in [0.05, 0.1) is 13.2 Å². The van der Waals surface area contributed by atoms with Crippen molar-refractivity contribution in [1.82, 2.24) is 20.0 Å². The van der Waals surface area contributed by atoms with Crippen LogP contribution in [0, 0.1) is 0 Å². The standard InChI is InChI=1S/C11H9F3N4O3/c12-11(13,14)21-6-5-18-9(7-1-3-15-4-2-7)8(10(19)20)16-17-18/h1-4H,5-6H2,(H,19,20). The van der Waals surface area contributed by atoms with Crippen LogP contribution in [0.25, 0.3) is 11.3 Å². The summed E-state index contributed by atoms with van der Waals surface area (Å²) in [6.07, 6.45) is -1.91. The lowest BCUT2D eigenvalue weighted by atomic mass is 10.1. The Morgan fingerprint density at radius 3 is 2.57 bits per heavy atom. The molecule has 7 nitrogen and oxygen atoms in total. The number of hydrogen-bond donors (Lipinski definition) is 1. The molecule has 0 saturated heterocycles. The minimum atomic E-state index is -4.76. The number of ether oxygens (including phenoxy) is 1. The van der Waals surface area contributed by atoms with Crippen molar-refractivity contribution in [3.63, 3.8) is 0 Å². The van der Waals surface area contributed by atoms with Gasteiger partial charge in [0.15, 0.2) is 5.69 Å². The zero-order valence-corrected chi connectivity index (χ0v) is 10.4. The molecule has 0 bridgehead atoms. The van der Waals surface area contributed by atoms with Gasteiger partial charge < -0.3 is 5.11 Å². The van der Waals surface area contributed by atoms with Gasteiger partial charge in [0.25, 0.3) is 0 Å². The van der Waals surface area contributed by atoms with Crippen LogP contribution >= 0.6 is 0 Å². The van der Waals surface area contributed by atoms with E-state index in [1.807, 2.05) is 0 Å². The van der Waals surface area contributed by atoms with Crippen LogP contribution in [0.2, 0.25) is 0 Å². The molecule has 112 valence electrons. The summed E-state index contributed by atoms with van der Waals surface area (Å²) in [6.45, 7) is -0.999. The quantitative estimate of drug-likeness (QED) is 0.901. The number of rotatable bonds is 5. The first kappa shape index (κ1) is 14.9. The predicted molar refractivity (Wildman–Crippen MR) is 62.2 cm³/mol. The second-order valence-corrected chi connectivity index (χ2v) is 3.85. The molecular formula is C11H9F3N4O3. The van der Waals surface area contributed by atoms with Crippen LogP contribution in [0.5, 0.6) is 0 Å². The van der Waals surface area contributed by atoms with E-state index in [1.54, 1.807) is 0 Å². The van der Waals surface area contributed by atoms with E-state index in [4.69, 9.17) is 5.11 Å². The molecule has 2 heterocycles. The first-order chi connectivity index (χ1) is 9.88.